The molecular weight excluding hydrogens is 334 g/mol. The van der Waals surface area contributed by atoms with Gasteiger partial charge in [-0.1, -0.05) is 24.3 Å². The number of rotatable bonds is 6. The van der Waals surface area contributed by atoms with Crippen molar-refractivity contribution in [1.29, 1.82) is 0 Å². The lowest BCUT2D eigenvalue weighted by molar-refractivity contribution is -0.131. The van der Waals surface area contributed by atoms with Gasteiger partial charge in [0.05, 0.1) is 30.8 Å². The van der Waals surface area contributed by atoms with Gasteiger partial charge >= 0.3 is 5.97 Å². The van der Waals surface area contributed by atoms with E-state index in [1.54, 1.807) is 18.0 Å². The molecule has 0 spiro atoms. The molecule has 1 aromatic carbocycles. The lowest BCUT2D eigenvalue weighted by atomic mass is 10.0. The Kier molecular flexibility index (Phi) is 5.68. The molecule has 0 saturated carbocycles. The van der Waals surface area contributed by atoms with Gasteiger partial charge in [-0.05, 0) is 24.0 Å². The Morgan fingerprint density at radius 3 is 2.65 bits per heavy atom. The van der Waals surface area contributed by atoms with Crippen LogP contribution in [0.15, 0.2) is 36.7 Å². The van der Waals surface area contributed by atoms with Crippen molar-refractivity contribution in [2.75, 3.05) is 20.2 Å². The second-order valence-corrected chi connectivity index (χ2v) is 6.56. The van der Waals surface area contributed by atoms with Gasteiger partial charge in [0.25, 0.3) is 0 Å². The highest BCUT2D eigenvalue weighted by Crippen LogP contribution is 2.23. The summed E-state index contributed by atoms with van der Waals surface area (Å²) in [6.45, 7) is 1.85. The van der Waals surface area contributed by atoms with Gasteiger partial charge in [0.15, 0.2) is 0 Å². The number of nitrogens with zero attached hydrogens (tertiary/aromatic N) is 3. The summed E-state index contributed by atoms with van der Waals surface area (Å²) in [5.41, 5.74) is 2.24. The van der Waals surface area contributed by atoms with Crippen LogP contribution in [0.2, 0.25) is 0 Å². The van der Waals surface area contributed by atoms with Crippen LogP contribution in [0, 0.1) is 0 Å². The van der Waals surface area contributed by atoms with Crippen LogP contribution in [0.4, 0.5) is 0 Å². The van der Waals surface area contributed by atoms with Crippen LogP contribution in [0.25, 0.3) is 0 Å². The molecule has 138 valence electrons. The third kappa shape index (κ3) is 4.29. The number of hydrogen-bond donors (Lipinski definition) is 1. The monoisotopic (exact) mass is 357 g/mol. The zero-order chi connectivity index (χ0) is 18.5. The fourth-order valence-corrected chi connectivity index (χ4v) is 3.31. The van der Waals surface area contributed by atoms with Crippen molar-refractivity contribution >= 4 is 11.9 Å². The summed E-state index contributed by atoms with van der Waals surface area (Å²) >= 11 is 0. The van der Waals surface area contributed by atoms with Crippen LogP contribution in [0.3, 0.4) is 0 Å². The van der Waals surface area contributed by atoms with Gasteiger partial charge in [-0.15, -0.1) is 0 Å². The first kappa shape index (κ1) is 18.1. The maximum atomic E-state index is 12.6. The first-order chi connectivity index (χ1) is 12.6. The van der Waals surface area contributed by atoms with Gasteiger partial charge in [-0.2, -0.15) is 5.10 Å². The highest BCUT2D eigenvalue weighted by molar-refractivity contribution is 5.86. The average Bonchev–Trinajstić information content (AvgIpc) is 3.13. The molecular formula is C19H23N3O4. The summed E-state index contributed by atoms with van der Waals surface area (Å²) in [4.78, 5) is 25.4. The Hall–Kier alpha value is -2.67. The lowest BCUT2D eigenvalue weighted by Gasteiger charge is -2.32. The molecule has 1 amide bonds. The van der Waals surface area contributed by atoms with E-state index in [1.807, 2.05) is 29.2 Å². The molecule has 2 aromatic rings. The van der Waals surface area contributed by atoms with Crippen molar-refractivity contribution < 1.29 is 19.4 Å². The molecule has 2 heterocycles. The van der Waals surface area contributed by atoms with Crippen molar-refractivity contribution in [2.45, 2.75) is 31.9 Å². The maximum Gasteiger partial charge on any atom is 0.338 e. The number of methoxy groups -OCH3 is 1. The van der Waals surface area contributed by atoms with Gasteiger partial charge in [0, 0.05) is 26.4 Å². The molecule has 0 aliphatic carbocycles. The number of ether oxygens (including phenoxy) is 1. The number of carboxylic acids is 1. The summed E-state index contributed by atoms with van der Waals surface area (Å²) in [5, 5.41) is 13.1. The van der Waals surface area contributed by atoms with Crippen molar-refractivity contribution in [3.8, 4) is 0 Å². The largest absolute Gasteiger partial charge is 0.478 e. The van der Waals surface area contributed by atoms with Gasteiger partial charge in [0.2, 0.25) is 5.91 Å². The van der Waals surface area contributed by atoms with E-state index in [4.69, 9.17) is 9.84 Å². The number of hydrogen-bond acceptors (Lipinski definition) is 4. The van der Waals surface area contributed by atoms with Crippen LogP contribution in [-0.4, -0.2) is 51.9 Å². The number of piperidine rings is 1. The maximum absolute atomic E-state index is 12.6. The van der Waals surface area contributed by atoms with E-state index in [0.717, 1.165) is 24.0 Å². The summed E-state index contributed by atoms with van der Waals surface area (Å²) in [6, 6.07) is 8.03. The number of aromatic nitrogens is 2. The molecule has 0 atom stereocenters. The van der Waals surface area contributed by atoms with Crippen molar-refractivity contribution in [1.82, 2.24) is 14.7 Å². The Labute approximate surface area is 152 Å². The Morgan fingerprint density at radius 1 is 1.27 bits per heavy atom. The molecule has 0 radical (unpaired) electrons. The van der Waals surface area contributed by atoms with E-state index in [0.29, 0.717) is 26.1 Å². The molecule has 1 saturated heterocycles. The quantitative estimate of drug-likeness (QED) is 0.856. The van der Waals surface area contributed by atoms with E-state index in [9.17, 15) is 9.59 Å². The SMILES string of the molecule is COCc1cccc(CC(=O)N2CCC(n3cc(C(=O)O)cn3)CC2)c1. The summed E-state index contributed by atoms with van der Waals surface area (Å²) < 4.78 is 6.84. The normalized spacial score (nSPS) is 15.2. The zero-order valence-electron chi connectivity index (χ0n) is 14.8. The Morgan fingerprint density at radius 2 is 2.00 bits per heavy atom. The lowest BCUT2D eigenvalue weighted by Crippen LogP contribution is -2.40. The fourth-order valence-electron chi connectivity index (χ4n) is 3.31. The highest BCUT2D eigenvalue weighted by atomic mass is 16.5. The summed E-state index contributed by atoms with van der Waals surface area (Å²) in [6.07, 6.45) is 4.86. The molecule has 7 nitrogen and oxygen atoms in total. The third-order valence-electron chi connectivity index (χ3n) is 4.70. The number of carbonyl (C=O) groups excluding carboxylic acids is 1. The minimum atomic E-state index is -0.973. The van der Waals surface area contributed by atoms with Crippen LogP contribution < -0.4 is 0 Å². The first-order valence-corrected chi connectivity index (χ1v) is 8.69. The minimum absolute atomic E-state index is 0.115. The molecule has 1 fully saturated rings. The predicted molar refractivity (Wildman–Crippen MR) is 94.9 cm³/mol. The number of aromatic carboxylic acids is 1. The molecule has 1 aliphatic rings. The van der Waals surface area contributed by atoms with E-state index < -0.39 is 5.97 Å². The minimum Gasteiger partial charge on any atom is -0.478 e. The van der Waals surface area contributed by atoms with Crippen molar-refractivity contribution in [3.63, 3.8) is 0 Å². The molecule has 7 heteroatoms. The molecule has 3 rings (SSSR count). The van der Waals surface area contributed by atoms with Gasteiger partial charge in [-0.25, -0.2) is 4.79 Å². The Balaban J connectivity index is 1.54. The highest BCUT2D eigenvalue weighted by Gasteiger charge is 2.24. The summed E-state index contributed by atoms with van der Waals surface area (Å²) in [5.74, 6) is -0.857. The molecule has 0 bridgehead atoms. The number of benzene rings is 1. The van der Waals surface area contributed by atoms with Crippen LogP contribution in [0.1, 0.15) is 40.4 Å². The van der Waals surface area contributed by atoms with E-state index in [1.165, 1.54) is 6.20 Å². The van der Waals surface area contributed by atoms with E-state index in [-0.39, 0.29) is 17.5 Å². The number of amides is 1. The molecule has 1 aliphatic heterocycles. The second kappa shape index (κ2) is 8.14. The third-order valence-corrected chi connectivity index (χ3v) is 4.70. The summed E-state index contributed by atoms with van der Waals surface area (Å²) in [7, 11) is 1.65. The van der Waals surface area contributed by atoms with Crippen LogP contribution in [-0.2, 0) is 22.6 Å². The van der Waals surface area contributed by atoms with Crippen molar-refractivity contribution in [2.24, 2.45) is 0 Å². The Bertz CT molecular complexity index is 779. The van der Waals surface area contributed by atoms with Gasteiger partial charge in [0.1, 0.15) is 0 Å². The molecule has 1 aromatic heterocycles. The van der Waals surface area contributed by atoms with Gasteiger partial charge < -0.3 is 14.7 Å². The van der Waals surface area contributed by atoms with Gasteiger partial charge in [-0.3, -0.25) is 9.48 Å². The van der Waals surface area contributed by atoms with Crippen molar-refractivity contribution in [3.05, 3.63) is 53.3 Å². The zero-order valence-corrected chi connectivity index (χ0v) is 14.8. The van der Waals surface area contributed by atoms with Crippen LogP contribution >= 0.6 is 0 Å². The number of likely N-dealkylation sites (tertiary alicyclic amines) is 1. The predicted octanol–water partition coefficient (Wildman–Crippen LogP) is 2.13. The standard InChI is InChI=1S/C19H23N3O4/c1-26-13-15-4-2-3-14(9-15)10-18(23)21-7-5-17(6-8-21)22-12-16(11-20-22)19(24)25/h2-4,9,11-12,17H,5-8,10,13H2,1H3,(H,24,25). The topological polar surface area (TPSA) is 84.7 Å². The molecule has 0 unspecified atom stereocenters. The number of carboxylic acid groups (broad SMARTS) is 1. The molecule has 26 heavy (non-hydrogen) atoms. The fraction of sp³-hybridized carbons (Fsp3) is 0.421. The number of carbonyl (C=O) groups is 2. The average molecular weight is 357 g/mol. The van der Waals surface area contributed by atoms with E-state index in [2.05, 4.69) is 5.10 Å². The van der Waals surface area contributed by atoms with Crippen LogP contribution in [0.5, 0.6) is 0 Å². The molecule has 1 N–H and O–H groups in total. The smallest absolute Gasteiger partial charge is 0.338 e. The second-order valence-electron chi connectivity index (χ2n) is 6.56. The first-order valence-electron chi connectivity index (χ1n) is 8.69. The van der Waals surface area contributed by atoms with E-state index >= 15 is 0 Å².